The number of benzene rings is 4. The monoisotopic (exact) mass is 940 g/mol. The minimum Gasteiger partial charge on any atom is -0.486 e. The summed E-state index contributed by atoms with van der Waals surface area (Å²) in [5.74, 6) is 4.85. The molecule has 1 aliphatic heterocycles. The molecule has 12 rings (SSSR count). The third kappa shape index (κ3) is 8.52. The van der Waals surface area contributed by atoms with Gasteiger partial charge in [0.25, 0.3) is 0 Å². The van der Waals surface area contributed by atoms with E-state index in [1.165, 1.54) is 73.6 Å². The van der Waals surface area contributed by atoms with Crippen molar-refractivity contribution in [2.24, 2.45) is 23.7 Å². The molecule has 4 bridgehead atoms. The highest BCUT2D eigenvalue weighted by Crippen LogP contribution is 2.61. The molecule has 3 aromatic heterocycles. The van der Waals surface area contributed by atoms with Crippen LogP contribution in [0.2, 0.25) is 0 Å². The largest absolute Gasteiger partial charge is 0.494 e. The third-order valence-electron chi connectivity index (χ3n) is 16.6. The molecule has 11 heteroatoms. The molecule has 4 heterocycles. The molecule has 348 valence electrons. The fourth-order valence-corrected chi connectivity index (χ4v) is 13.5. The fraction of sp³-hybridized carbons (Fsp3) is 0.404. The maximum atomic E-state index is 6.30. The summed E-state index contributed by atoms with van der Waals surface area (Å²) < 4.78 is 24.6. The van der Waals surface area contributed by atoms with E-state index >= 15 is 0 Å². The lowest BCUT2D eigenvalue weighted by atomic mass is 9.63. The summed E-state index contributed by atoms with van der Waals surface area (Å²) in [7, 11) is -0.320. The Morgan fingerprint density at radius 3 is 1.40 bits per heavy atom. The second kappa shape index (κ2) is 18.3. The molecular formula is C57H61BN4O4S2. The quantitative estimate of drug-likeness (QED) is 0.112. The second-order valence-electron chi connectivity index (χ2n) is 20.9. The van der Waals surface area contributed by atoms with Crippen molar-refractivity contribution in [3.8, 4) is 22.8 Å². The first-order chi connectivity index (χ1) is 33.0. The number of aryl methyl sites for hydroxylation is 1. The van der Waals surface area contributed by atoms with E-state index in [2.05, 4.69) is 151 Å². The molecule has 4 saturated carbocycles. The van der Waals surface area contributed by atoms with Crippen molar-refractivity contribution in [3.05, 3.63) is 170 Å². The van der Waals surface area contributed by atoms with Crippen molar-refractivity contribution in [2.75, 3.05) is 0 Å². The Hall–Kier alpha value is -5.20. The third-order valence-corrected chi connectivity index (χ3v) is 18.1. The molecule has 4 unspecified atom stereocenters. The van der Waals surface area contributed by atoms with Crippen LogP contribution < -0.4 is 14.9 Å². The van der Waals surface area contributed by atoms with Crippen molar-refractivity contribution in [1.29, 1.82) is 0 Å². The molecule has 5 aliphatic rings. The van der Waals surface area contributed by atoms with E-state index in [0.717, 1.165) is 55.8 Å². The van der Waals surface area contributed by atoms with Gasteiger partial charge in [0.1, 0.15) is 34.7 Å². The van der Waals surface area contributed by atoms with Crippen LogP contribution in [-0.2, 0) is 33.4 Å². The summed E-state index contributed by atoms with van der Waals surface area (Å²) in [6, 6.07) is 39.9. The normalized spacial score (nSPS) is 26.2. The zero-order valence-corrected chi connectivity index (χ0v) is 41.5. The molecule has 6 atom stereocenters. The highest BCUT2D eigenvalue weighted by Gasteiger charge is 2.55. The van der Waals surface area contributed by atoms with Gasteiger partial charge in [0, 0.05) is 39.5 Å². The van der Waals surface area contributed by atoms with Gasteiger partial charge >= 0.3 is 7.12 Å². The minimum absolute atomic E-state index is 0.0746. The van der Waals surface area contributed by atoms with Crippen LogP contribution in [0.5, 0.6) is 11.5 Å². The Morgan fingerprint density at radius 1 is 0.559 bits per heavy atom. The number of rotatable bonds is 12. The van der Waals surface area contributed by atoms with Crippen molar-refractivity contribution >= 4 is 35.3 Å². The lowest BCUT2D eigenvalue weighted by molar-refractivity contribution is 0.00578. The van der Waals surface area contributed by atoms with Crippen LogP contribution in [0.4, 0.5) is 0 Å². The average Bonchev–Trinajstić information content (AvgIpc) is 4.24. The van der Waals surface area contributed by atoms with Crippen LogP contribution in [0.15, 0.2) is 132 Å². The van der Waals surface area contributed by atoms with Crippen molar-refractivity contribution in [3.63, 3.8) is 0 Å². The Balaban J connectivity index is 0.000000149. The SMILES string of the molecule is CC1(C)OB(c2ccc([C@]3(c4ccc(OCc5nccs5)cc4)CC4CCC3C4)cc2)OC1(C)C.Cc1ccc(-c2ccc([C@]3(c4ccc(OCc5nccs5)cc4)CC4CCC3C4)cc2)nn1. The summed E-state index contributed by atoms with van der Waals surface area (Å²) in [5.41, 5.74) is 9.26. The molecule has 7 aromatic rings. The molecule has 4 aromatic carbocycles. The Bertz CT molecular complexity index is 2770. The van der Waals surface area contributed by atoms with Crippen molar-refractivity contribution in [2.45, 2.75) is 121 Å². The van der Waals surface area contributed by atoms with E-state index in [1.54, 1.807) is 22.7 Å². The molecule has 0 amide bonds. The van der Waals surface area contributed by atoms with Crippen LogP contribution in [0.3, 0.4) is 0 Å². The van der Waals surface area contributed by atoms with Crippen molar-refractivity contribution in [1.82, 2.24) is 20.2 Å². The number of aromatic nitrogens is 4. The summed E-state index contributed by atoms with van der Waals surface area (Å²) in [4.78, 5) is 8.62. The smallest absolute Gasteiger partial charge is 0.486 e. The van der Waals surface area contributed by atoms with Gasteiger partial charge in [0.2, 0.25) is 0 Å². The molecule has 1 saturated heterocycles. The standard InChI is InChI=1S/C29H34BNO3S.C28H27N3OS/c1-27(2)28(3,4)34-30(33-27)24-11-7-21(8-12-24)29(18-20-5-6-23(29)17-20)22-9-13-25(14-10-22)32-19-26-31-15-16-35-26;1-19-2-13-26(31-30-19)21-4-7-22(8-5-21)28(17-20-3-6-24(28)16-20)23-9-11-25(12-10-23)32-18-27-29-14-15-33-27/h7-16,20,23H,5-6,17-19H2,1-4H3;2,4-5,7-15,20,24H,3,6,16-18H2,1H3/t20?,23?,29-;20?,24?,28-/m00/s1. The van der Waals surface area contributed by atoms with E-state index in [1.807, 2.05) is 36.1 Å². The number of nitrogens with zero attached hydrogens (tertiary/aromatic N) is 4. The number of thiazole rings is 2. The average molecular weight is 941 g/mol. The zero-order chi connectivity index (χ0) is 46.5. The van der Waals surface area contributed by atoms with Gasteiger partial charge in [-0.3, -0.25) is 0 Å². The van der Waals surface area contributed by atoms with Crippen LogP contribution >= 0.6 is 22.7 Å². The van der Waals surface area contributed by atoms with Gasteiger partial charge in [0.05, 0.1) is 22.6 Å². The molecule has 5 fully saturated rings. The first-order valence-corrected chi connectivity index (χ1v) is 26.3. The predicted molar refractivity (Wildman–Crippen MR) is 273 cm³/mol. The molecule has 4 aliphatic carbocycles. The first-order valence-electron chi connectivity index (χ1n) is 24.6. The lowest BCUT2D eigenvalue weighted by Crippen LogP contribution is -2.41. The fourth-order valence-electron chi connectivity index (χ4n) is 12.5. The number of fused-ring (bicyclic) bond motifs is 4. The molecule has 8 nitrogen and oxygen atoms in total. The second-order valence-corrected chi connectivity index (χ2v) is 22.9. The topological polar surface area (TPSA) is 88.5 Å². The summed E-state index contributed by atoms with van der Waals surface area (Å²) in [5, 5.41) is 14.6. The lowest BCUT2D eigenvalue weighted by Gasteiger charge is -2.39. The highest BCUT2D eigenvalue weighted by atomic mass is 32.1. The summed E-state index contributed by atoms with van der Waals surface area (Å²) >= 11 is 3.25. The van der Waals surface area contributed by atoms with Gasteiger partial charge in [-0.2, -0.15) is 10.2 Å². The maximum absolute atomic E-state index is 6.30. The molecular weight excluding hydrogens is 880 g/mol. The molecule has 0 spiro atoms. The molecule has 68 heavy (non-hydrogen) atoms. The molecule has 0 radical (unpaired) electrons. The Kier molecular flexibility index (Phi) is 12.2. The zero-order valence-electron chi connectivity index (χ0n) is 39.9. The number of hydrogen-bond donors (Lipinski definition) is 0. The Morgan fingerprint density at radius 2 is 1.01 bits per heavy atom. The van der Waals surface area contributed by atoms with Crippen LogP contribution in [0.1, 0.15) is 117 Å². The van der Waals surface area contributed by atoms with Crippen LogP contribution in [0, 0.1) is 30.6 Å². The van der Waals surface area contributed by atoms with Gasteiger partial charge in [-0.15, -0.1) is 22.7 Å². The summed E-state index contributed by atoms with van der Waals surface area (Å²) in [6.45, 7) is 11.4. The van der Waals surface area contributed by atoms with E-state index in [-0.39, 0.29) is 29.2 Å². The maximum Gasteiger partial charge on any atom is 0.494 e. The van der Waals surface area contributed by atoms with E-state index in [9.17, 15) is 0 Å². The van der Waals surface area contributed by atoms with Gasteiger partial charge in [-0.1, -0.05) is 85.6 Å². The predicted octanol–water partition coefficient (Wildman–Crippen LogP) is 12.7. The van der Waals surface area contributed by atoms with Crippen LogP contribution in [-0.4, -0.2) is 38.5 Å². The van der Waals surface area contributed by atoms with Gasteiger partial charge < -0.3 is 18.8 Å². The van der Waals surface area contributed by atoms with Gasteiger partial charge in [-0.25, -0.2) is 9.97 Å². The number of hydrogen-bond acceptors (Lipinski definition) is 10. The number of ether oxygens (including phenoxy) is 2. The highest BCUT2D eigenvalue weighted by molar-refractivity contribution is 7.09. The van der Waals surface area contributed by atoms with E-state index in [4.69, 9.17) is 18.8 Å². The van der Waals surface area contributed by atoms with Crippen LogP contribution in [0.25, 0.3) is 11.3 Å². The Labute approximate surface area is 410 Å². The van der Waals surface area contributed by atoms with Gasteiger partial charge in [-0.05, 0) is 161 Å². The van der Waals surface area contributed by atoms with Crippen molar-refractivity contribution < 1.29 is 18.8 Å². The van der Waals surface area contributed by atoms with Gasteiger partial charge in [0.15, 0.2) is 0 Å². The molecule has 0 N–H and O–H groups in total. The van der Waals surface area contributed by atoms with E-state index < -0.39 is 0 Å². The minimum atomic E-state index is -0.328. The van der Waals surface area contributed by atoms with E-state index in [0.29, 0.717) is 25.0 Å². The summed E-state index contributed by atoms with van der Waals surface area (Å²) in [6.07, 6.45) is 14.2. The first kappa shape index (κ1) is 45.3.